The number of carboxylic acids is 1. The van der Waals surface area contributed by atoms with Gasteiger partial charge in [0.1, 0.15) is 0 Å². The molecule has 0 aliphatic carbocycles. The molecule has 0 spiro atoms. The first kappa shape index (κ1) is 21.4. The van der Waals surface area contributed by atoms with Gasteiger partial charge in [-0.15, -0.1) is 0 Å². The number of carboxylic acid groups (broad SMARTS) is 1. The number of allylic oxidation sites excluding steroid dienone is 2. The summed E-state index contributed by atoms with van der Waals surface area (Å²) in [6.07, 6.45) is 13.0. The van der Waals surface area contributed by atoms with Crippen LogP contribution in [0.25, 0.3) is 0 Å². The van der Waals surface area contributed by atoms with Gasteiger partial charge in [-0.1, -0.05) is 50.5 Å². The number of aliphatic carboxylic acids is 1. The van der Waals surface area contributed by atoms with E-state index in [0.717, 1.165) is 25.7 Å². The van der Waals surface area contributed by atoms with Crippen molar-refractivity contribution in [2.24, 2.45) is 0 Å². The summed E-state index contributed by atoms with van der Waals surface area (Å²) in [4.78, 5) is 21.7. The molecule has 0 aromatic heterocycles. The third-order valence-electron chi connectivity index (χ3n) is 3.25. The molecule has 0 radical (unpaired) electrons. The fourth-order valence-electron chi connectivity index (χ4n) is 1.93. The predicted molar refractivity (Wildman–Crippen MR) is 90.1 cm³/mol. The van der Waals surface area contributed by atoms with Crippen LogP contribution in [0.4, 0.5) is 0 Å². The fourth-order valence-corrected chi connectivity index (χ4v) is 1.93. The molecule has 132 valence electrons. The van der Waals surface area contributed by atoms with Crippen molar-refractivity contribution in [3.05, 3.63) is 24.3 Å². The highest BCUT2D eigenvalue weighted by Crippen LogP contribution is 2.04. The highest BCUT2D eigenvalue weighted by atomic mass is 16.5. The van der Waals surface area contributed by atoms with E-state index in [0.29, 0.717) is 25.9 Å². The van der Waals surface area contributed by atoms with Gasteiger partial charge in [0.25, 0.3) is 0 Å². The first-order valence-corrected chi connectivity index (χ1v) is 8.45. The maximum atomic E-state index is 11.4. The number of carbonyl (C=O) groups is 2. The molecule has 0 saturated heterocycles. The summed E-state index contributed by atoms with van der Waals surface area (Å²) in [6, 6.07) is 0. The monoisotopic (exact) mass is 326 g/mol. The highest BCUT2D eigenvalue weighted by molar-refractivity contribution is 5.69. The quantitative estimate of drug-likeness (QED) is 0.289. The van der Waals surface area contributed by atoms with Crippen LogP contribution >= 0.6 is 0 Å². The lowest BCUT2D eigenvalue weighted by Gasteiger charge is -2.03. The second kappa shape index (κ2) is 15.3. The first-order chi connectivity index (χ1) is 11.1. The van der Waals surface area contributed by atoms with Crippen LogP contribution in [0.5, 0.6) is 0 Å². The molecule has 0 amide bonds. The molecule has 0 aromatic rings. The van der Waals surface area contributed by atoms with Gasteiger partial charge in [-0.05, 0) is 25.7 Å². The summed E-state index contributed by atoms with van der Waals surface area (Å²) in [5.74, 6) is -1.13. The lowest BCUT2D eigenvalue weighted by atomic mass is 10.1. The van der Waals surface area contributed by atoms with Gasteiger partial charge in [0.05, 0.1) is 12.7 Å². The maximum absolute atomic E-state index is 11.4. The number of hydrogen-bond acceptors (Lipinski definition) is 4. The second-order valence-corrected chi connectivity index (χ2v) is 5.49. The zero-order valence-electron chi connectivity index (χ0n) is 14.1. The van der Waals surface area contributed by atoms with E-state index in [1.165, 1.54) is 0 Å². The Morgan fingerprint density at radius 1 is 1.09 bits per heavy atom. The van der Waals surface area contributed by atoms with E-state index in [9.17, 15) is 14.7 Å². The topological polar surface area (TPSA) is 83.8 Å². The van der Waals surface area contributed by atoms with Crippen LogP contribution in [0.1, 0.15) is 64.7 Å². The summed E-state index contributed by atoms with van der Waals surface area (Å²) < 4.78 is 5.03. The molecule has 5 heteroatoms. The number of carbonyl (C=O) groups excluding carboxylic acids is 1. The Morgan fingerprint density at radius 2 is 1.83 bits per heavy atom. The fraction of sp³-hybridized carbons (Fsp3) is 0.667. The van der Waals surface area contributed by atoms with Crippen LogP contribution in [0.2, 0.25) is 0 Å². The Hall–Kier alpha value is -1.62. The molecule has 1 atom stereocenters. The SMILES string of the molecule is CCCCCC(O)/C=C/C=C\CCOC(=O)CCCCC(=O)O. The molecule has 0 bridgehead atoms. The molecule has 0 aliphatic rings. The van der Waals surface area contributed by atoms with Crippen LogP contribution in [0.3, 0.4) is 0 Å². The number of esters is 1. The lowest BCUT2D eigenvalue weighted by Crippen LogP contribution is -2.05. The van der Waals surface area contributed by atoms with Gasteiger partial charge in [-0.2, -0.15) is 0 Å². The Kier molecular flexibility index (Phi) is 14.2. The Morgan fingerprint density at radius 3 is 2.52 bits per heavy atom. The molecule has 23 heavy (non-hydrogen) atoms. The Balaban J connectivity index is 3.55. The molecule has 0 heterocycles. The summed E-state index contributed by atoms with van der Waals surface area (Å²) in [6.45, 7) is 2.45. The van der Waals surface area contributed by atoms with Crippen molar-refractivity contribution in [2.45, 2.75) is 70.8 Å². The van der Waals surface area contributed by atoms with E-state index in [1.807, 2.05) is 18.2 Å². The number of unbranched alkanes of at least 4 members (excludes halogenated alkanes) is 3. The van der Waals surface area contributed by atoms with Crippen LogP contribution in [-0.2, 0) is 14.3 Å². The molecule has 2 N–H and O–H groups in total. The van der Waals surface area contributed by atoms with Crippen molar-refractivity contribution in [1.29, 1.82) is 0 Å². The molecular weight excluding hydrogens is 296 g/mol. The van der Waals surface area contributed by atoms with E-state index in [-0.39, 0.29) is 18.8 Å². The zero-order chi connectivity index (χ0) is 17.3. The van der Waals surface area contributed by atoms with E-state index < -0.39 is 12.1 Å². The molecule has 1 unspecified atom stereocenters. The van der Waals surface area contributed by atoms with Gasteiger partial charge >= 0.3 is 11.9 Å². The Labute approximate surface area is 139 Å². The van der Waals surface area contributed by atoms with Crippen molar-refractivity contribution in [3.63, 3.8) is 0 Å². The number of ether oxygens (including phenoxy) is 1. The largest absolute Gasteiger partial charge is 0.481 e. The smallest absolute Gasteiger partial charge is 0.305 e. The number of rotatable bonds is 14. The first-order valence-electron chi connectivity index (χ1n) is 8.45. The third-order valence-corrected chi connectivity index (χ3v) is 3.25. The maximum Gasteiger partial charge on any atom is 0.305 e. The molecular formula is C18H30O5. The molecule has 0 aliphatic heterocycles. The number of hydrogen-bond donors (Lipinski definition) is 2. The van der Waals surface area contributed by atoms with E-state index in [4.69, 9.17) is 9.84 Å². The minimum Gasteiger partial charge on any atom is -0.481 e. The van der Waals surface area contributed by atoms with Gasteiger partial charge in [0, 0.05) is 12.8 Å². The molecule has 0 saturated carbocycles. The minimum absolute atomic E-state index is 0.0899. The molecule has 0 rings (SSSR count). The summed E-state index contributed by atoms with van der Waals surface area (Å²) in [5, 5.41) is 18.1. The highest BCUT2D eigenvalue weighted by Gasteiger charge is 2.03. The Bertz CT molecular complexity index is 374. The normalized spacial score (nSPS) is 12.8. The van der Waals surface area contributed by atoms with Crippen LogP contribution in [0, 0.1) is 0 Å². The average molecular weight is 326 g/mol. The summed E-state index contributed by atoms with van der Waals surface area (Å²) in [7, 11) is 0. The van der Waals surface area contributed by atoms with Crippen molar-refractivity contribution in [1.82, 2.24) is 0 Å². The van der Waals surface area contributed by atoms with Gasteiger partial charge in [-0.3, -0.25) is 9.59 Å². The van der Waals surface area contributed by atoms with Gasteiger partial charge in [0.2, 0.25) is 0 Å². The average Bonchev–Trinajstić information content (AvgIpc) is 2.50. The summed E-state index contributed by atoms with van der Waals surface area (Å²) in [5.41, 5.74) is 0. The summed E-state index contributed by atoms with van der Waals surface area (Å²) >= 11 is 0. The standard InChI is InChI=1S/C18H30O5/c1-2-3-6-11-16(19)12-7-4-5-10-15-23-18(22)14-9-8-13-17(20)21/h4-5,7,12,16,19H,2-3,6,8-11,13-15H2,1H3,(H,20,21)/b5-4-,12-7+. The van der Waals surface area contributed by atoms with Gasteiger partial charge in [0.15, 0.2) is 0 Å². The molecule has 5 nitrogen and oxygen atoms in total. The predicted octanol–water partition coefficient (Wildman–Crippen LogP) is 3.62. The van der Waals surface area contributed by atoms with E-state index in [1.54, 1.807) is 6.08 Å². The number of aliphatic hydroxyl groups excluding tert-OH is 1. The van der Waals surface area contributed by atoms with Crippen molar-refractivity contribution in [3.8, 4) is 0 Å². The second-order valence-electron chi connectivity index (χ2n) is 5.49. The zero-order valence-corrected chi connectivity index (χ0v) is 14.1. The molecule has 0 fully saturated rings. The van der Waals surface area contributed by atoms with E-state index in [2.05, 4.69) is 6.92 Å². The van der Waals surface area contributed by atoms with Crippen LogP contribution in [-0.4, -0.2) is 34.9 Å². The van der Waals surface area contributed by atoms with Crippen molar-refractivity contribution < 1.29 is 24.5 Å². The van der Waals surface area contributed by atoms with Crippen molar-refractivity contribution >= 4 is 11.9 Å². The van der Waals surface area contributed by atoms with Crippen molar-refractivity contribution in [2.75, 3.05) is 6.61 Å². The van der Waals surface area contributed by atoms with Gasteiger partial charge in [-0.25, -0.2) is 0 Å². The van der Waals surface area contributed by atoms with E-state index >= 15 is 0 Å². The van der Waals surface area contributed by atoms with Crippen LogP contribution < -0.4 is 0 Å². The van der Waals surface area contributed by atoms with Gasteiger partial charge < -0.3 is 14.9 Å². The van der Waals surface area contributed by atoms with Crippen LogP contribution in [0.15, 0.2) is 24.3 Å². The lowest BCUT2D eigenvalue weighted by molar-refractivity contribution is -0.144. The molecule has 0 aromatic carbocycles. The minimum atomic E-state index is -0.841. The third kappa shape index (κ3) is 16.6. The number of aliphatic hydroxyl groups is 1.